The Balaban J connectivity index is 2.61. The first kappa shape index (κ1) is 13.1. The van der Waals surface area contributed by atoms with Crippen LogP contribution in [0.3, 0.4) is 0 Å². The van der Waals surface area contributed by atoms with Crippen molar-refractivity contribution >= 4 is 0 Å². The molecule has 1 rings (SSSR count). The summed E-state index contributed by atoms with van der Waals surface area (Å²) in [4.78, 5) is 0. The predicted octanol–water partition coefficient (Wildman–Crippen LogP) is 5.42. The summed E-state index contributed by atoms with van der Waals surface area (Å²) >= 11 is 0. The van der Waals surface area contributed by atoms with Crippen molar-refractivity contribution in [2.24, 2.45) is 17.3 Å². The number of rotatable bonds is 6. The molecule has 1 fully saturated rings. The van der Waals surface area contributed by atoms with Gasteiger partial charge in [0.15, 0.2) is 0 Å². The maximum absolute atomic E-state index is 2.47. The molecule has 15 heavy (non-hydrogen) atoms. The van der Waals surface area contributed by atoms with Gasteiger partial charge < -0.3 is 0 Å². The molecular weight excluding hydrogens is 180 g/mol. The van der Waals surface area contributed by atoms with Crippen molar-refractivity contribution in [1.82, 2.24) is 0 Å². The Morgan fingerprint density at radius 2 is 1.60 bits per heavy atom. The molecule has 1 unspecified atom stereocenters. The van der Waals surface area contributed by atoms with Gasteiger partial charge in [-0.25, -0.2) is 0 Å². The first-order valence-corrected chi connectivity index (χ1v) is 7.18. The average Bonchev–Trinajstić information content (AvgIpc) is 2.77. The normalized spacial score (nSPS) is 20.8. The quantitative estimate of drug-likeness (QED) is 0.549. The van der Waals surface area contributed by atoms with Crippen LogP contribution >= 0.6 is 0 Å². The second-order valence-electron chi connectivity index (χ2n) is 5.73. The molecule has 0 spiro atoms. The van der Waals surface area contributed by atoms with E-state index in [9.17, 15) is 0 Å². The van der Waals surface area contributed by atoms with Crippen LogP contribution < -0.4 is 0 Å². The topological polar surface area (TPSA) is 0 Å². The monoisotopic (exact) mass is 210 g/mol. The van der Waals surface area contributed by atoms with Crippen LogP contribution in [0.2, 0.25) is 0 Å². The third kappa shape index (κ3) is 2.98. The molecule has 0 amide bonds. The second kappa shape index (κ2) is 5.92. The van der Waals surface area contributed by atoms with E-state index in [-0.39, 0.29) is 0 Å². The molecule has 0 N–H and O–H groups in total. The summed E-state index contributed by atoms with van der Waals surface area (Å²) in [5, 5.41) is 0. The van der Waals surface area contributed by atoms with Crippen LogP contribution in [0.4, 0.5) is 0 Å². The summed E-state index contributed by atoms with van der Waals surface area (Å²) in [5.41, 5.74) is 0.657. The molecule has 0 saturated heterocycles. The van der Waals surface area contributed by atoms with E-state index >= 15 is 0 Å². The summed E-state index contributed by atoms with van der Waals surface area (Å²) in [6.45, 7) is 9.65. The molecule has 0 aromatic carbocycles. The lowest BCUT2D eigenvalue weighted by Gasteiger charge is -2.39. The van der Waals surface area contributed by atoms with Gasteiger partial charge in [0.05, 0.1) is 0 Å². The van der Waals surface area contributed by atoms with Crippen molar-refractivity contribution in [2.45, 2.75) is 79.1 Å². The summed E-state index contributed by atoms with van der Waals surface area (Å²) in [5.74, 6) is 1.96. The standard InChI is InChI=1S/C15H30/c1-5-13(4)15(6-2,7-3)12-14-10-8-9-11-14/h13-14H,5-12H2,1-4H3. The van der Waals surface area contributed by atoms with Gasteiger partial charge in [0.2, 0.25) is 0 Å². The van der Waals surface area contributed by atoms with Crippen LogP contribution in [0, 0.1) is 17.3 Å². The van der Waals surface area contributed by atoms with E-state index in [0.29, 0.717) is 5.41 Å². The van der Waals surface area contributed by atoms with E-state index in [2.05, 4.69) is 27.7 Å². The van der Waals surface area contributed by atoms with E-state index in [4.69, 9.17) is 0 Å². The zero-order chi connectivity index (χ0) is 11.3. The first-order chi connectivity index (χ1) is 7.18. The van der Waals surface area contributed by atoms with Gasteiger partial charge in [-0.05, 0) is 23.7 Å². The summed E-state index contributed by atoms with van der Waals surface area (Å²) in [7, 11) is 0. The van der Waals surface area contributed by atoms with E-state index in [1.54, 1.807) is 0 Å². The van der Waals surface area contributed by atoms with Crippen LogP contribution in [-0.2, 0) is 0 Å². The van der Waals surface area contributed by atoms with Gasteiger partial charge in [-0.15, -0.1) is 0 Å². The lowest BCUT2D eigenvalue weighted by atomic mass is 9.66. The number of hydrogen-bond acceptors (Lipinski definition) is 0. The molecule has 0 aromatic heterocycles. The third-order valence-corrected chi connectivity index (χ3v) is 5.24. The molecule has 0 radical (unpaired) electrons. The molecule has 0 heterocycles. The largest absolute Gasteiger partial charge is 0.0651 e. The highest BCUT2D eigenvalue weighted by atomic mass is 14.4. The Hall–Kier alpha value is 0. The fourth-order valence-electron chi connectivity index (χ4n) is 3.66. The maximum Gasteiger partial charge on any atom is -0.0274 e. The van der Waals surface area contributed by atoms with Crippen molar-refractivity contribution in [3.63, 3.8) is 0 Å². The Morgan fingerprint density at radius 3 is 2.00 bits per heavy atom. The minimum Gasteiger partial charge on any atom is -0.0651 e. The van der Waals surface area contributed by atoms with Crippen molar-refractivity contribution < 1.29 is 0 Å². The van der Waals surface area contributed by atoms with Crippen LogP contribution in [0.5, 0.6) is 0 Å². The molecule has 1 aliphatic rings. The molecule has 1 atom stereocenters. The van der Waals surface area contributed by atoms with Crippen molar-refractivity contribution in [1.29, 1.82) is 0 Å². The molecule has 1 aliphatic carbocycles. The minimum absolute atomic E-state index is 0.657. The van der Waals surface area contributed by atoms with Crippen molar-refractivity contribution in [3.8, 4) is 0 Å². The molecule has 0 bridgehead atoms. The van der Waals surface area contributed by atoms with Gasteiger partial charge >= 0.3 is 0 Å². The average molecular weight is 210 g/mol. The molecular formula is C15H30. The smallest absolute Gasteiger partial charge is 0.0274 e. The van der Waals surface area contributed by atoms with Crippen LogP contribution in [0.1, 0.15) is 79.1 Å². The third-order valence-electron chi connectivity index (χ3n) is 5.24. The van der Waals surface area contributed by atoms with Crippen molar-refractivity contribution in [3.05, 3.63) is 0 Å². The van der Waals surface area contributed by atoms with Crippen LogP contribution in [0.15, 0.2) is 0 Å². The molecule has 1 saturated carbocycles. The first-order valence-electron chi connectivity index (χ1n) is 7.18. The fraction of sp³-hybridized carbons (Fsp3) is 1.00. The van der Waals surface area contributed by atoms with E-state index in [1.807, 2.05) is 0 Å². The van der Waals surface area contributed by atoms with Gasteiger partial charge in [0.1, 0.15) is 0 Å². The molecule has 90 valence electrons. The second-order valence-corrected chi connectivity index (χ2v) is 5.73. The highest BCUT2D eigenvalue weighted by molar-refractivity contribution is 4.85. The maximum atomic E-state index is 2.47. The minimum atomic E-state index is 0.657. The number of hydrogen-bond donors (Lipinski definition) is 0. The Bertz CT molecular complexity index is 161. The van der Waals surface area contributed by atoms with Crippen LogP contribution in [-0.4, -0.2) is 0 Å². The van der Waals surface area contributed by atoms with Gasteiger partial charge in [-0.1, -0.05) is 72.6 Å². The molecule has 0 nitrogen and oxygen atoms in total. The lowest BCUT2D eigenvalue weighted by molar-refractivity contribution is 0.109. The van der Waals surface area contributed by atoms with E-state index < -0.39 is 0 Å². The highest BCUT2D eigenvalue weighted by Crippen LogP contribution is 2.46. The van der Waals surface area contributed by atoms with E-state index in [1.165, 1.54) is 51.4 Å². The molecule has 0 heteroatoms. The summed E-state index contributed by atoms with van der Waals surface area (Å²) < 4.78 is 0. The van der Waals surface area contributed by atoms with E-state index in [0.717, 1.165) is 11.8 Å². The molecule has 0 aliphatic heterocycles. The SMILES string of the molecule is CCC(C)C(CC)(CC)CC1CCCC1. The zero-order valence-electron chi connectivity index (χ0n) is 11.3. The summed E-state index contributed by atoms with van der Waals surface area (Å²) in [6, 6.07) is 0. The van der Waals surface area contributed by atoms with Gasteiger partial charge in [-0.2, -0.15) is 0 Å². The van der Waals surface area contributed by atoms with Crippen molar-refractivity contribution in [2.75, 3.05) is 0 Å². The lowest BCUT2D eigenvalue weighted by Crippen LogP contribution is -2.29. The van der Waals surface area contributed by atoms with Crippen LogP contribution in [0.25, 0.3) is 0 Å². The van der Waals surface area contributed by atoms with Gasteiger partial charge in [0.25, 0.3) is 0 Å². The predicted molar refractivity (Wildman–Crippen MR) is 69.0 cm³/mol. The zero-order valence-corrected chi connectivity index (χ0v) is 11.3. The highest BCUT2D eigenvalue weighted by Gasteiger charge is 2.34. The van der Waals surface area contributed by atoms with Gasteiger partial charge in [0, 0.05) is 0 Å². The molecule has 0 aromatic rings. The Labute approximate surface area is 96.8 Å². The Kier molecular flexibility index (Phi) is 5.15. The Morgan fingerprint density at radius 1 is 1.07 bits per heavy atom. The fourth-order valence-corrected chi connectivity index (χ4v) is 3.66. The van der Waals surface area contributed by atoms with Gasteiger partial charge in [-0.3, -0.25) is 0 Å². The summed E-state index contributed by atoms with van der Waals surface area (Å²) in [6.07, 6.45) is 11.6.